The number of aromatic hydroxyl groups is 2. The second-order valence-electron chi connectivity index (χ2n) is 7.92. The highest BCUT2D eigenvalue weighted by Crippen LogP contribution is 2.40. The van der Waals surface area contributed by atoms with Crippen molar-refractivity contribution in [2.75, 3.05) is 14.2 Å². The van der Waals surface area contributed by atoms with Crippen molar-refractivity contribution in [1.82, 2.24) is 9.13 Å². The van der Waals surface area contributed by atoms with E-state index in [0.717, 1.165) is 0 Å². The Bertz CT molecular complexity index is 1430. The number of rotatable bonds is 7. The van der Waals surface area contributed by atoms with Gasteiger partial charge in [-0.2, -0.15) is 0 Å². The molecule has 0 radical (unpaired) electrons. The van der Waals surface area contributed by atoms with E-state index >= 15 is 0 Å². The number of methoxy groups -OCH3 is 2. The molecule has 0 fully saturated rings. The minimum Gasteiger partial charge on any atom is -0.497 e. The molecule has 0 saturated carbocycles. The van der Waals surface area contributed by atoms with Crippen LogP contribution in [-0.4, -0.2) is 45.4 Å². The Balaban J connectivity index is 1.45. The van der Waals surface area contributed by atoms with Crippen LogP contribution in [0.15, 0.2) is 56.9 Å². The summed E-state index contributed by atoms with van der Waals surface area (Å²) < 4.78 is 13.4. The van der Waals surface area contributed by atoms with Gasteiger partial charge < -0.3 is 28.8 Å². The minimum atomic E-state index is -0.671. The molecule has 0 aliphatic carbocycles. The van der Waals surface area contributed by atoms with Gasteiger partial charge in [-0.25, -0.2) is 0 Å². The first-order valence-corrected chi connectivity index (χ1v) is 10.8. The van der Waals surface area contributed by atoms with Crippen molar-refractivity contribution in [2.45, 2.75) is 12.8 Å². The molecule has 2 heterocycles. The number of benzene rings is 2. The molecule has 12 nitrogen and oxygen atoms in total. The SMILES string of the molecule is COc1ccc2c(c1)c(N=NC(=O)CCC(=O)N=Nc1c(O)n(C)c3ccc(OC)cc13)c(O)n2C. The number of carbonyl (C=O) groups excluding carboxylic acids is 2. The van der Waals surface area contributed by atoms with Crippen molar-refractivity contribution in [3.8, 4) is 23.3 Å². The maximum atomic E-state index is 12.2. The van der Waals surface area contributed by atoms with E-state index in [4.69, 9.17) is 9.47 Å². The van der Waals surface area contributed by atoms with Crippen LogP contribution in [0.5, 0.6) is 23.3 Å². The van der Waals surface area contributed by atoms with Crippen LogP contribution in [0.25, 0.3) is 21.8 Å². The summed E-state index contributed by atoms with van der Waals surface area (Å²) in [6.07, 6.45) is -0.517. The first kappa shape index (κ1) is 24.4. The Kier molecular flexibility index (Phi) is 6.68. The van der Waals surface area contributed by atoms with Crippen LogP contribution in [0.1, 0.15) is 12.8 Å². The molecule has 4 aromatic rings. The van der Waals surface area contributed by atoms with Crippen LogP contribution in [0, 0.1) is 0 Å². The summed E-state index contributed by atoms with van der Waals surface area (Å²) in [6.45, 7) is 0. The smallest absolute Gasteiger partial charge is 0.265 e. The van der Waals surface area contributed by atoms with Gasteiger partial charge >= 0.3 is 0 Å². The lowest BCUT2D eigenvalue weighted by molar-refractivity contribution is -0.123. The highest BCUT2D eigenvalue weighted by molar-refractivity contribution is 5.97. The average Bonchev–Trinajstić information content (AvgIpc) is 3.27. The summed E-state index contributed by atoms with van der Waals surface area (Å²) in [6, 6.07) is 10.3. The van der Waals surface area contributed by atoms with Crippen molar-refractivity contribution in [3.05, 3.63) is 36.4 Å². The lowest BCUT2D eigenvalue weighted by Gasteiger charge is -2.00. The molecular weight excluding hydrogens is 468 g/mol. The van der Waals surface area contributed by atoms with Crippen molar-refractivity contribution >= 4 is 45.0 Å². The summed E-state index contributed by atoms with van der Waals surface area (Å²) in [7, 11) is 6.33. The van der Waals surface area contributed by atoms with Crippen molar-refractivity contribution in [1.29, 1.82) is 0 Å². The van der Waals surface area contributed by atoms with Crippen LogP contribution in [0.3, 0.4) is 0 Å². The zero-order valence-electron chi connectivity index (χ0n) is 20.1. The first-order valence-electron chi connectivity index (χ1n) is 10.8. The lowest BCUT2D eigenvalue weighted by atomic mass is 10.2. The number of azo groups is 2. The monoisotopic (exact) mass is 492 g/mol. The number of carbonyl (C=O) groups is 2. The molecule has 4 rings (SSSR count). The summed E-state index contributed by atoms with van der Waals surface area (Å²) in [4.78, 5) is 24.4. The number of ether oxygens (including phenoxy) is 2. The van der Waals surface area contributed by atoms with Crippen molar-refractivity contribution < 1.29 is 29.3 Å². The van der Waals surface area contributed by atoms with E-state index in [2.05, 4.69) is 20.5 Å². The third-order valence-corrected chi connectivity index (χ3v) is 5.78. The number of nitrogens with zero attached hydrogens (tertiary/aromatic N) is 6. The molecule has 12 heteroatoms. The molecule has 0 saturated heterocycles. The first-order chi connectivity index (χ1) is 17.2. The van der Waals surface area contributed by atoms with Crippen LogP contribution in [0.4, 0.5) is 11.4 Å². The molecule has 0 spiro atoms. The van der Waals surface area contributed by atoms with Crippen molar-refractivity contribution in [2.24, 2.45) is 34.6 Å². The molecule has 0 bridgehead atoms. The molecule has 2 aromatic heterocycles. The molecule has 0 aliphatic heterocycles. The minimum absolute atomic E-state index is 0.118. The standard InChI is InChI=1S/C24H24N6O6/c1-29-17-7-5-13(35-3)11-15(17)21(23(29)33)27-25-19(31)9-10-20(32)26-28-22-16-12-14(36-4)6-8-18(16)30(2)24(22)34/h5-8,11-12,33-34H,9-10H2,1-4H3. The largest absolute Gasteiger partial charge is 0.497 e. The second kappa shape index (κ2) is 9.86. The van der Waals surface area contributed by atoms with Gasteiger partial charge in [0.15, 0.2) is 11.4 Å². The zero-order valence-corrected chi connectivity index (χ0v) is 20.1. The van der Waals surface area contributed by atoms with Gasteiger partial charge in [-0.3, -0.25) is 9.59 Å². The molecule has 2 amide bonds. The van der Waals surface area contributed by atoms with E-state index < -0.39 is 11.8 Å². The van der Waals surface area contributed by atoms with E-state index in [9.17, 15) is 19.8 Å². The van der Waals surface area contributed by atoms with E-state index in [-0.39, 0.29) is 36.0 Å². The third kappa shape index (κ3) is 4.48. The molecule has 2 aromatic carbocycles. The number of amides is 2. The molecular formula is C24H24N6O6. The Morgan fingerprint density at radius 1 is 0.750 bits per heavy atom. The van der Waals surface area contributed by atoms with Gasteiger partial charge in [0, 0.05) is 37.7 Å². The van der Waals surface area contributed by atoms with E-state index in [0.29, 0.717) is 33.3 Å². The van der Waals surface area contributed by atoms with Gasteiger partial charge in [0.05, 0.1) is 25.3 Å². The quantitative estimate of drug-likeness (QED) is 0.354. The van der Waals surface area contributed by atoms with Gasteiger partial charge in [-0.05, 0) is 36.4 Å². The Morgan fingerprint density at radius 3 is 1.50 bits per heavy atom. The molecule has 0 unspecified atom stereocenters. The second-order valence-corrected chi connectivity index (χ2v) is 7.92. The number of hydrogen-bond donors (Lipinski definition) is 2. The van der Waals surface area contributed by atoms with E-state index in [1.54, 1.807) is 50.5 Å². The molecule has 0 atom stereocenters. The predicted octanol–water partition coefficient (Wildman–Crippen LogP) is 4.80. The highest BCUT2D eigenvalue weighted by atomic mass is 16.5. The number of fused-ring (bicyclic) bond motifs is 2. The summed E-state index contributed by atoms with van der Waals surface area (Å²) in [5.41, 5.74) is 1.60. The van der Waals surface area contributed by atoms with Crippen molar-refractivity contribution in [3.63, 3.8) is 0 Å². The van der Waals surface area contributed by atoms with Gasteiger partial charge in [-0.15, -0.1) is 20.5 Å². The number of aryl methyl sites for hydroxylation is 2. The maximum Gasteiger partial charge on any atom is 0.265 e. The Labute approximate surface area is 205 Å². The summed E-state index contributed by atoms with van der Waals surface area (Å²) in [5.74, 6) is -0.548. The highest BCUT2D eigenvalue weighted by Gasteiger charge is 2.17. The molecule has 36 heavy (non-hydrogen) atoms. The maximum absolute atomic E-state index is 12.2. The van der Waals surface area contributed by atoms with Crippen LogP contribution >= 0.6 is 0 Å². The summed E-state index contributed by atoms with van der Waals surface area (Å²) in [5, 5.41) is 36.9. The van der Waals surface area contributed by atoms with Gasteiger partial charge in [0.25, 0.3) is 11.8 Å². The lowest BCUT2D eigenvalue weighted by Crippen LogP contribution is -1.98. The van der Waals surface area contributed by atoms with E-state index in [1.165, 1.54) is 23.4 Å². The fraction of sp³-hybridized carbons (Fsp3) is 0.250. The van der Waals surface area contributed by atoms with Crippen LogP contribution < -0.4 is 9.47 Å². The van der Waals surface area contributed by atoms with Gasteiger partial charge in [0.2, 0.25) is 11.8 Å². The Morgan fingerprint density at radius 2 is 1.14 bits per heavy atom. The molecule has 0 aliphatic rings. The number of hydrogen-bond acceptors (Lipinski definition) is 8. The fourth-order valence-corrected chi connectivity index (χ4v) is 3.76. The normalized spacial score (nSPS) is 11.8. The molecule has 2 N–H and O–H groups in total. The predicted molar refractivity (Wildman–Crippen MR) is 131 cm³/mol. The number of aromatic nitrogens is 2. The van der Waals surface area contributed by atoms with Gasteiger partial charge in [0.1, 0.15) is 11.5 Å². The van der Waals surface area contributed by atoms with Crippen LogP contribution in [0.2, 0.25) is 0 Å². The molecule has 186 valence electrons. The van der Waals surface area contributed by atoms with E-state index in [1.807, 2.05) is 0 Å². The summed E-state index contributed by atoms with van der Waals surface area (Å²) >= 11 is 0. The fourth-order valence-electron chi connectivity index (χ4n) is 3.76. The Hall–Kier alpha value is -4.74. The zero-order chi connectivity index (χ0) is 26.0. The van der Waals surface area contributed by atoms with Gasteiger partial charge in [-0.1, -0.05) is 0 Å². The van der Waals surface area contributed by atoms with Crippen LogP contribution in [-0.2, 0) is 23.7 Å². The average molecular weight is 492 g/mol. The third-order valence-electron chi connectivity index (χ3n) is 5.78. The topological polar surface area (TPSA) is 152 Å².